The predicted molar refractivity (Wildman–Crippen MR) is 117 cm³/mol. The number of ether oxygens (including phenoxy) is 2. The average Bonchev–Trinajstić information content (AvgIpc) is 2.70. The van der Waals surface area contributed by atoms with E-state index in [1.54, 1.807) is 34.6 Å². The van der Waals surface area contributed by atoms with Gasteiger partial charge in [0.15, 0.2) is 11.0 Å². The van der Waals surface area contributed by atoms with Gasteiger partial charge in [-0.25, -0.2) is 14.2 Å². The van der Waals surface area contributed by atoms with E-state index >= 15 is 0 Å². The number of aliphatic hydroxyl groups is 1. The van der Waals surface area contributed by atoms with E-state index in [1.165, 1.54) is 12.0 Å². The molecule has 1 unspecified atom stereocenters. The molecule has 1 N–H and O–H groups in total. The van der Waals surface area contributed by atoms with Crippen molar-refractivity contribution in [1.29, 1.82) is 0 Å². The Kier molecular flexibility index (Phi) is 6.48. The molecule has 1 saturated heterocycles. The van der Waals surface area contributed by atoms with E-state index < -0.39 is 23.6 Å². The molecule has 0 aliphatic carbocycles. The third kappa shape index (κ3) is 4.48. The minimum atomic E-state index is -0.643. The van der Waals surface area contributed by atoms with Crippen LogP contribution < -0.4 is 9.64 Å². The number of methoxy groups -OCH3 is 1. The van der Waals surface area contributed by atoms with Crippen molar-refractivity contribution in [2.45, 2.75) is 46.3 Å². The lowest BCUT2D eigenvalue weighted by molar-refractivity contribution is 0.00700. The summed E-state index contributed by atoms with van der Waals surface area (Å²) in [5, 5.41) is 10.4. The fraction of sp³-hybridized carbons (Fsp3) is 0.571. The van der Waals surface area contributed by atoms with Crippen LogP contribution in [-0.2, 0) is 4.74 Å². The van der Waals surface area contributed by atoms with Crippen molar-refractivity contribution in [3.8, 4) is 5.88 Å². The van der Waals surface area contributed by atoms with E-state index in [4.69, 9.17) is 21.1 Å². The first-order chi connectivity index (χ1) is 14.5. The molecular formula is C21H28ClFN4O4. The fourth-order valence-electron chi connectivity index (χ4n) is 3.69. The van der Waals surface area contributed by atoms with Crippen molar-refractivity contribution in [3.63, 3.8) is 0 Å². The highest BCUT2D eigenvalue weighted by molar-refractivity contribution is 6.30. The third-order valence-electron chi connectivity index (χ3n) is 5.29. The molecule has 1 atom stereocenters. The van der Waals surface area contributed by atoms with Crippen LogP contribution in [0.3, 0.4) is 0 Å². The lowest BCUT2D eigenvalue weighted by Gasteiger charge is -2.41. The zero-order valence-corrected chi connectivity index (χ0v) is 19.4. The van der Waals surface area contributed by atoms with E-state index in [9.17, 15) is 14.3 Å². The lowest BCUT2D eigenvalue weighted by atomic mass is 10.0. The largest absolute Gasteiger partial charge is 0.480 e. The van der Waals surface area contributed by atoms with Crippen LogP contribution in [0.25, 0.3) is 10.8 Å². The summed E-state index contributed by atoms with van der Waals surface area (Å²) in [6, 6.07) is -0.516. The van der Waals surface area contributed by atoms with Crippen LogP contribution in [0.15, 0.2) is 0 Å². The average molecular weight is 455 g/mol. The second-order valence-electron chi connectivity index (χ2n) is 8.58. The smallest absolute Gasteiger partial charge is 0.410 e. The van der Waals surface area contributed by atoms with Gasteiger partial charge >= 0.3 is 6.09 Å². The van der Waals surface area contributed by atoms with Gasteiger partial charge < -0.3 is 19.5 Å². The topological polar surface area (TPSA) is 88.0 Å². The number of halogens is 2. The number of hydrogen-bond acceptors (Lipinski definition) is 7. The maximum absolute atomic E-state index is 15.0. The van der Waals surface area contributed by atoms with Gasteiger partial charge in [0.2, 0.25) is 5.88 Å². The Balaban J connectivity index is 2.04. The molecule has 1 aliphatic heterocycles. The highest BCUT2D eigenvalue weighted by Gasteiger charge is 2.35. The molecule has 170 valence electrons. The Bertz CT molecular complexity index is 1000. The van der Waals surface area contributed by atoms with Gasteiger partial charge in [-0.2, -0.15) is 4.98 Å². The first-order valence-corrected chi connectivity index (χ1v) is 10.4. The molecule has 1 aliphatic rings. The molecule has 0 bridgehead atoms. The van der Waals surface area contributed by atoms with Crippen LogP contribution in [0.1, 0.15) is 32.0 Å². The summed E-state index contributed by atoms with van der Waals surface area (Å²) in [6.07, 6.45) is -0.485. The van der Waals surface area contributed by atoms with Gasteiger partial charge in [-0.1, -0.05) is 11.6 Å². The Morgan fingerprint density at radius 2 is 1.94 bits per heavy atom. The first kappa shape index (κ1) is 23.3. The molecule has 8 nitrogen and oxygen atoms in total. The van der Waals surface area contributed by atoms with E-state index in [2.05, 4.69) is 9.97 Å². The maximum atomic E-state index is 15.0. The predicted octanol–water partition coefficient (Wildman–Crippen LogP) is 3.47. The Hall–Kier alpha value is -2.39. The Labute approximate surface area is 185 Å². The number of aliphatic hydroxyl groups excluding tert-OH is 1. The zero-order chi connectivity index (χ0) is 23.1. The van der Waals surface area contributed by atoms with Crippen LogP contribution in [0.2, 0.25) is 5.15 Å². The van der Waals surface area contributed by atoms with Crippen LogP contribution >= 0.6 is 11.6 Å². The highest BCUT2D eigenvalue weighted by atomic mass is 35.5. The van der Waals surface area contributed by atoms with Gasteiger partial charge in [0.05, 0.1) is 25.1 Å². The number of piperazine rings is 1. The van der Waals surface area contributed by atoms with Gasteiger partial charge in [-0.15, -0.1) is 0 Å². The summed E-state index contributed by atoms with van der Waals surface area (Å²) in [5.41, 5.74) is 0.640. The van der Waals surface area contributed by atoms with E-state index in [0.717, 1.165) is 0 Å². The van der Waals surface area contributed by atoms with Crippen LogP contribution in [0, 0.1) is 19.7 Å². The molecule has 31 heavy (non-hydrogen) atoms. The maximum Gasteiger partial charge on any atom is 0.410 e. The second-order valence-corrected chi connectivity index (χ2v) is 8.94. The molecule has 0 spiro atoms. The number of hydrogen-bond donors (Lipinski definition) is 1. The SMILES string of the molecule is COc1nc(Cl)c(F)c2c(C)c(C)nc(N3CCN(C(=O)OC(C)(C)C)C(CO)C3)c12. The number of anilines is 1. The number of rotatable bonds is 3. The highest BCUT2D eigenvalue weighted by Crippen LogP contribution is 2.39. The summed E-state index contributed by atoms with van der Waals surface area (Å²) >= 11 is 6.00. The van der Waals surface area contributed by atoms with Crippen molar-refractivity contribution >= 4 is 34.3 Å². The normalized spacial score (nSPS) is 17.3. The third-order valence-corrected chi connectivity index (χ3v) is 5.54. The molecule has 0 radical (unpaired) electrons. The molecule has 2 aromatic heterocycles. The Morgan fingerprint density at radius 3 is 2.52 bits per heavy atom. The number of pyridine rings is 2. The van der Waals surface area contributed by atoms with E-state index in [0.29, 0.717) is 40.9 Å². The van der Waals surface area contributed by atoms with Gasteiger partial charge in [0.25, 0.3) is 0 Å². The molecular weight excluding hydrogens is 427 g/mol. The van der Waals surface area contributed by atoms with Crippen molar-refractivity contribution in [2.75, 3.05) is 38.3 Å². The number of carbonyl (C=O) groups is 1. The van der Waals surface area contributed by atoms with Gasteiger partial charge in [-0.05, 0) is 40.2 Å². The van der Waals surface area contributed by atoms with E-state index in [1.807, 2.05) is 4.90 Å². The summed E-state index contributed by atoms with van der Waals surface area (Å²) in [5.74, 6) is 0.00948. The number of aromatic nitrogens is 2. The number of aryl methyl sites for hydroxylation is 2. The Morgan fingerprint density at radius 1 is 1.26 bits per heavy atom. The van der Waals surface area contributed by atoms with Gasteiger partial charge in [0, 0.05) is 30.7 Å². The summed E-state index contributed by atoms with van der Waals surface area (Å²) < 4.78 is 25.8. The van der Waals surface area contributed by atoms with Crippen molar-refractivity contribution in [3.05, 3.63) is 22.2 Å². The van der Waals surface area contributed by atoms with Gasteiger partial charge in [0.1, 0.15) is 11.4 Å². The molecule has 2 aromatic rings. The zero-order valence-electron chi connectivity index (χ0n) is 18.6. The number of amides is 1. The van der Waals surface area contributed by atoms with Crippen molar-refractivity contribution < 1.29 is 23.8 Å². The minimum absolute atomic E-state index is 0.169. The molecule has 0 aromatic carbocycles. The monoisotopic (exact) mass is 454 g/mol. The quantitative estimate of drug-likeness (QED) is 0.710. The second kappa shape index (κ2) is 8.63. The minimum Gasteiger partial charge on any atom is -0.480 e. The molecule has 1 fully saturated rings. The van der Waals surface area contributed by atoms with Crippen LogP contribution in [0.4, 0.5) is 15.0 Å². The molecule has 10 heteroatoms. The summed E-state index contributed by atoms with van der Waals surface area (Å²) in [6.45, 7) is 9.68. The van der Waals surface area contributed by atoms with Crippen LogP contribution in [0.5, 0.6) is 5.88 Å². The van der Waals surface area contributed by atoms with Crippen molar-refractivity contribution in [2.24, 2.45) is 0 Å². The molecule has 1 amide bonds. The van der Waals surface area contributed by atoms with Gasteiger partial charge in [-0.3, -0.25) is 4.90 Å². The summed E-state index contributed by atoms with van der Waals surface area (Å²) in [4.78, 5) is 24.7. The molecule has 3 heterocycles. The summed E-state index contributed by atoms with van der Waals surface area (Å²) in [7, 11) is 1.44. The number of carbonyl (C=O) groups excluding carboxylic acids is 1. The van der Waals surface area contributed by atoms with Crippen molar-refractivity contribution in [1.82, 2.24) is 14.9 Å². The standard InChI is InChI=1S/C21H28ClFN4O4/c1-11-12(2)24-18(15-14(11)16(23)17(22)25-19(15)30-6)26-7-8-27(13(9-26)10-28)20(29)31-21(3,4)5/h13,28H,7-10H2,1-6H3. The fourth-order valence-corrected chi connectivity index (χ4v) is 3.87. The molecule has 0 saturated carbocycles. The number of fused-ring (bicyclic) bond motifs is 1. The van der Waals surface area contributed by atoms with Crippen LogP contribution in [-0.4, -0.2) is 71.1 Å². The lowest BCUT2D eigenvalue weighted by Crippen LogP contribution is -2.57. The first-order valence-electron chi connectivity index (χ1n) is 10.0. The van der Waals surface area contributed by atoms with E-state index in [-0.39, 0.29) is 24.2 Å². The number of nitrogens with zero attached hydrogens (tertiary/aromatic N) is 4. The molecule has 3 rings (SSSR count).